The minimum atomic E-state index is 0.162. The molecule has 1 aromatic rings. The van der Waals surface area contributed by atoms with Gasteiger partial charge in [-0.05, 0) is 13.0 Å². The molecule has 96 valence electrons. The molecule has 2 aliphatic rings. The largest absolute Gasteiger partial charge is 0.354 e. The van der Waals surface area contributed by atoms with Crippen LogP contribution < -0.4 is 4.90 Å². The quantitative estimate of drug-likeness (QED) is 0.737. The van der Waals surface area contributed by atoms with E-state index < -0.39 is 0 Å². The van der Waals surface area contributed by atoms with Crippen LogP contribution in [0.2, 0.25) is 0 Å². The molecule has 1 aliphatic heterocycles. The van der Waals surface area contributed by atoms with E-state index >= 15 is 0 Å². The molecule has 1 aromatic heterocycles. The van der Waals surface area contributed by atoms with Gasteiger partial charge in [-0.3, -0.25) is 4.79 Å². The van der Waals surface area contributed by atoms with Crippen LogP contribution in [0.15, 0.2) is 6.33 Å². The molecule has 2 heterocycles. The van der Waals surface area contributed by atoms with E-state index in [0.717, 1.165) is 37.6 Å². The third-order valence-electron chi connectivity index (χ3n) is 3.91. The Morgan fingerprint density at radius 3 is 2.67 bits per heavy atom. The maximum atomic E-state index is 11.8. The van der Waals surface area contributed by atoms with Crippen molar-refractivity contribution < 1.29 is 4.79 Å². The van der Waals surface area contributed by atoms with Gasteiger partial charge in [-0.25, -0.2) is 9.97 Å². The highest BCUT2D eigenvalue weighted by Crippen LogP contribution is 2.37. The number of Topliss-reactive ketones (excluding diaryl/α,β-unsaturated/α-hetero) is 1. The zero-order valence-electron chi connectivity index (χ0n) is 10.9. The Hall–Kier alpha value is -1.49. The number of rotatable bonds is 1. The van der Waals surface area contributed by atoms with Crippen molar-refractivity contribution in [2.75, 3.05) is 38.1 Å². The molecule has 3 rings (SSSR count). The first-order valence-corrected chi connectivity index (χ1v) is 6.48. The third kappa shape index (κ3) is 1.79. The van der Waals surface area contributed by atoms with Gasteiger partial charge in [0.25, 0.3) is 0 Å². The van der Waals surface area contributed by atoms with E-state index in [1.165, 1.54) is 6.33 Å². The molecule has 0 spiro atoms. The normalized spacial score (nSPS) is 24.4. The van der Waals surface area contributed by atoms with Crippen molar-refractivity contribution >= 4 is 11.6 Å². The summed E-state index contributed by atoms with van der Waals surface area (Å²) >= 11 is 0. The van der Waals surface area contributed by atoms with Crippen LogP contribution in [0, 0.1) is 0 Å². The molecule has 5 nitrogen and oxygen atoms in total. The van der Waals surface area contributed by atoms with Gasteiger partial charge in [0.15, 0.2) is 5.78 Å². The molecule has 5 heteroatoms. The molecule has 0 amide bonds. The van der Waals surface area contributed by atoms with Crippen LogP contribution in [-0.2, 0) is 0 Å². The van der Waals surface area contributed by atoms with Gasteiger partial charge >= 0.3 is 0 Å². The molecule has 0 saturated carbocycles. The fourth-order valence-corrected chi connectivity index (χ4v) is 2.81. The lowest BCUT2D eigenvalue weighted by Gasteiger charge is -2.34. The van der Waals surface area contributed by atoms with E-state index in [9.17, 15) is 4.79 Å². The van der Waals surface area contributed by atoms with Crippen molar-refractivity contribution in [3.63, 3.8) is 0 Å². The van der Waals surface area contributed by atoms with E-state index in [0.29, 0.717) is 12.1 Å². The molecular formula is C13H18N4O. The summed E-state index contributed by atoms with van der Waals surface area (Å²) in [5.41, 5.74) is 1.71. The smallest absolute Gasteiger partial charge is 0.182 e. The van der Waals surface area contributed by atoms with Crippen LogP contribution in [0.4, 0.5) is 5.82 Å². The van der Waals surface area contributed by atoms with Crippen LogP contribution in [0.25, 0.3) is 0 Å². The number of anilines is 1. The molecular weight excluding hydrogens is 228 g/mol. The number of carbonyl (C=O) groups excluding carboxylic acids is 1. The monoisotopic (exact) mass is 246 g/mol. The summed E-state index contributed by atoms with van der Waals surface area (Å²) in [7, 11) is 2.13. The number of likely N-dealkylation sites (N-methyl/N-ethyl adjacent to an activating group) is 1. The average molecular weight is 246 g/mol. The molecule has 1 aliphatic carbocycles. The van der Waals surface area contributed by atoms with Gasteiger partial charge in [-0.1, -0.05) is 6.92 Å². The Kier molecular flexibility index (Phi) is 2.78. The first kappa shape index (κ1) is 11.6. The number of ketones is 1. The number of fused-ring (bicyclic) bond motifs is 1. The van der Waals surface area contributed by atoms with E-state index in [1.54, 1.807) is 0 Å². The second kappa shape index (κ2) is 4.31. The summed E-state index contributed by atoms with van der Waals surface area (Å²) < 4.78 is 0. The number of piperazine rings is 1. The number of hydrogen-bond acceptors (Lipinski definition) is 5. The number of aromatic nitrogens is 2. The highest BCUT2D eigenvalue weighted by atomic mass is 16.1. The van der Waals surface area contributed by atoms with Crippen molar-refractivity contribution in [3.05, 3.63) is 17.6 Å². The Morgan fingerprint density at radius 1 is 1.22 bits per heavy atom. The van der Waals surface area contributed by atoms with E-state index in [2.05, 4.69) is 33.7 Å². The lowest BCUT2D eigenvalue weighted by molar-refractivity contribution is 0.0986. The first-order valence-electron chi connectivity index (χ1n) is 6.48. The predicted molar refractivity (Wildman–Crippen MR) is 69.1 cm³/mol. The highest BCUT2D eigenvalue weighted by molar-refractivity contribution is 6.00. The summed E-state index contributed by atoms with van der Waals surface area (Å²) in [5.74, 6) is 1.39. The fourth-order valence-electron chi connectivity index (χ4n) is 2.81. The third-order valence-corrected chi connectivity index (χ3v) is 3.91. The van der Waals surface area contributed by atoms with Crippen molar-refractivity contribution in [2.45, 2.75) is 19.3 Å². The van der Waals surface area contributed by atoms with Gasteiger partial charge in [0.2, 0.25) is 0 Å². The van der Waals surface area contributed by atoms with Crippen LogP contribution in [0.5, 0.6) is 0 Å². The molecule has 1 atom stereocenters. The number of carbonyl (C=O) groups is 1. The zero-order chi connectivity index (χ0) is 12.7. The van der Waals surface area contributed by atoms with Crippen LogP contribution in [-0.4, -0.2) is 53.9 Å². The average Bonchev–Trinajstić information content (AvgIpc) is 2.66. The fraction of sp³-hybridized carbons (Fsp3) is 0.615. The van der Waals surface area contributed by atoms with Gasteiger partial charge in [0.05, 0.1) is 0 Å². The van der Waals surface area contributed by atoms with Crippen molar-refractivity contribution in [3.8, 4) is 0 Å². The van der Waals surface area contributed by atoms with Crippen molar-refractivity contribution in [2.24, 2.45) is 0 Å². The van der Waals surface area contributed by atoms with Crippen LogP contribution >= 0.6 is 0 Å². The SMILES string of the molecule is C[C@@H]1CC(=O)c2ncnc(N3CCN(C)CC3)c21. The van der Waals surface area contributed by atoms with Crippen molar-refractivity contribution in [1.29, 1.82) is 0 Å². The Labute approximate surface area is 107 Å². The Morgan fingerprint density at radius 2 is 1.94 bits per heavy atom. The summed E-state index contributed by atoms with van der Waals surface area (Å²) in [4.78, 5) is 25.0. The van der Waals surface area contributed by atoms with Gasteiger partial charge < -0.3 is 9.80 Å². The van der Waals surface area contributed by atoms with Gasteiger partial charge in [0.1, 0.15) is 17.8 Å². The van der Waals surface area contributed by atoms with Crippen LogP contribution in [0.3, 0.4) is 0 Å². The van der Waals surface area contributed by atoms with Gasteiger partial charge in [-0.2, -0.15) is 0 Å². The van der Waals surface area contributed by atoms with E-state index in [1.807, 2.05) is 0 Å². The maximum Gasteiger partial charge on any atom is 0.182 e. The van der Waals surface area contributed by atoms with Crippen LogP contribution in [0.1, 0.15) is 35.3 Å². The number of nitrogens with zero attached hydrogens (tertiary/aromatic N) is 4. The summed E-state index contributed by atoms with van der Waals surface area (Å²) in [6.45, 7) is 6.12. The summed E-state index contributed by atoms with van der Waals surface area (Å²) in [6, 6.07) is 0. The Balaban J connectivity index is 1.96. The van der Waals surface area contributed by atoms with E-state index in [-0.39, 0.29) is 11.7 Å². The lowest BCUT2D eigenvalue weighted by atomic mass is 10.1. The molecule has 18 heavy (non-hydrogen) atoms. The van der Waals surface area contributed by atoms with Gasteiger partial charge in [0, 0.05) is 38.2 Å². The predicted octanol–water partition coefficient (Wildman–Crippen LogP) is 0.918. The maximum absolute atomic E-state index is 11.8. The highest BCUT2D eigenvalue weighted by Gasteiger charge is 2.33. The van der Waals surface area contributed by atoms with E-state index in [4.69, 9.17) is 0 Å². The Bertz CT molecular complexity index is 480. The number of hydrogen-bond donors (Lipinski definition) is 0. The molecule has 1 fully saturated rings. The minimum absolute atomic E-state index is 0.162. The molecule has 0 unspecified atom stereocenters. The van der Waals surface area contributed by atoms with Crippen molar-refractivity contribution in [1.82, 2.24) is 14.9 Å². The summed E-state index contributed by atoms with van der Waals surface area (Å²) in [5, 5.41) is 0. The minimum Gasteiger partial charge on any atom is -0.354 e. The lowest BCUT2D eigenvalue weighted by Crippen LogP contribution is -2.45. The topological polar surface area (TPSA) is 49.3 Å². The second-order valence-electron chi connectivity index (χ2n) is 5.28. The zero-order valence-corrected chi connectivity index (χ0v) is 10.9. The standard InChI is InChI=1S/C13H18N4O/c1-9-7-10(18)12-11(9)13(15-8-14-12)17-5-3-16(2)4-6-17/h8-9H,3-7H2,1-2H3/t9-/m1/s1. The molecule has 0 bridgehead atoms. The molecule has 1 saturated heterocycles. The second-order valence-corrected chi connectivity index (χ2v) is 5.28. The first-order chi connectivity index (χ1) is 8.66. The molecule has 0 aromatic carbocycles. The summed E-state index contributed by atoms with van der Waals surface area (Å²) in [6.07, 6.45) is 2.11. The van der Waals surface area contributed by atoms with Gasteiger partial charge in [-0.15, -0.1) is 0 Å². The molecule has 0 radical (unpaired) electrons. The molecule has 0 N–H and O–H groups in total.